The number of hydrogen-bond acceptors (Lipinski definition) is 5. The van der Waals surface area contributed by atoms with Crippen LogP contribution >= 0.6 is 0 Å². The molecule has 26 heavy (non-hydrogen) atoms. The van der Waals surface area contributed by atoms with Crippen LogP contribution in [0.25, 0.3) is 0 Å². The SMILES string of the molecule is CC(C)(C)OC(=O)NCCC(=O)NCCNc1ncccc1C(F)(F)F. The Hall–Kier alpha value is -2.52. The van der Waals surface area contributed by atoms with Crippen LogP contribution in [0.3, 0.4) is 0 Å². The third-order valence-electron chi connectivity index (χ3n) is 2.87. The summed E-state index contributed by atoms with van der Waals surface area (Å²) in [6.07, 6.45) is -3.86. The first kappa shape index (κ1) is 21.5. The van der Waals surface area contributed by atoms with Crippen LogP contribution in [0.5, 0.6) is 0 Å². The van der Waals surface area contributed by atoms with Crippen LogP contribution in [0.15, 0.2) is 18.3 Å². The summed E-state index contributed by atoms with van der Waals surface area (Å²) in [6.45, 7) is 5.44. The summed E-state index contributed by atoms with van der Waals surface area (Å²) in [6, 6.07) is 2.13. The number of aromatic nitrogens is 1. The molecule has 1 aromatic rings. The van der Waals surface area contributed by atoms with Gasteiger partial charge < -0.3 is 20.7 Å². The van der Waals surface area contributed by atoms with Crippen LogP contribution in [0.4, 0.5) is 23.8 Å². The molecule has 0 aliphatic carbocycles. The number of amides is 2. The summed E-state index contributed by atoms with van der Waals surface area (Å²) in [7, 11) is 0. The quantitative estimate of drug-likeness (QED) is 0.636. The molecule has 0 atom stereocenters. The molecule has 3 N–H and O–H groups in total. The molecule has 0 fully saturated rings. The molecule has 0 aliphatic heterocycles. The van der Waals surface area contributed by atoms with Crippen molar-refractivity contribution < 1.29 is 27.5 Å². The number of carbonyl (C=O) groups is 2. The van der Waals surface area contributed by atoms with E-state index in [4.69, 9.17) is 4.74 Å². The second-order valence-corrected chi connectivity index (χ2v) is 6.35. The largest absolute Gasteiger partial charge is 0.444 e. The highest BCUT2D eigenvalue weighted by Crippen LogP contribution is 2.33. The molecule has 1 rings (SSSR count). The molecule has 1 aromatic heterocycles. The molecule has 0 bridgehead atoms. The van der Waals surface area contributed by atoms with Gasteiger partial charge in [0.05, 0.1) is 5.56 Å². The minimum Gasteiger partial charge on any atom is -0.444 e. The maximum atomic E-state index is 12.8. The number of hydrogen-bond donors (Lipinski definition) is 3. The van der Waals surface area contributed by atoms with Gasteiger partial charge >= 0.3 is 12.3 Å². The minimum atomic E-state index is -4.51. The van der Waals surface area contributed by atoms with Crippen molar-refractivity contribution in [3.63, 3.8) is 0 Å². The van der Waals surface area contributed by atoms with Crippen molar-refractivity contribution in [3.8, 4) is 0 Å². The maximum absolute atomic E-state index is 12.8. The van der Waals surface area contributed by atoms with E-state index >= 15 is 0 Å². The normalized spacial score (nSPS) is 11.6. The molecular weight excluding hydrogens is 353 g/mol. The third kappa shape index (κ3) is 8.54. The highest BCUT2D eigenvalue weighted by Gasteiger charge is 2.33. The smallest absolute Gasteiger partial charge is 0.419 e. The number of alkyl halides is 3. The zero-order chi connectivity index (χ0) is 19.8. The Bertz CT molecular complexity index is 615. The van der Waals surface area contributed by atoms with E-state index in [0.717, 1.165) is 6.07 Å². The first-order chi connectivity index (χ1) is 12.0. The highest BCUT2D eigenvalue weighted by atomic mass is 19.4. The van der Waals surface area contributed by atoms with Gasteiger partial charge in [0.2, 0.25) is 5.91 Å². The number of nitrogens with zero attached hydrogens (tertiary/aromatic N) is 1. The van der Waals surface area contributed by atoms with Crippen molar-refractivity contribution in [3.05, 3.63) is 23.9 Å². The van der Waals surface area contributed by atoms with Gasteiger partial charge in [-0.3, -0.25) is 4.79 Å². The molecule has 146 valence electrons. The monoisotopic (exact) mass is 376 g/mol. The number of ether oxygens (including phenoxy) is 1. The highest BCUT2D eigenvalue weighted by molar-refractivity contribution is 5.77. The molecule has 0 unspecified atom stereocenters. The molecule has 0 radical (unpaired) electrons. The van der Waals surface area contributed by atoms with E-state index in [1.807, 2.05) is 0 Å². The molecule has 0 saturated heterocycles. The van der Waals surface area contributed by atoms with Gasteiger partial charge in [0.15, 0.2) is 0 Å². The molecule has 10 heteroatoms. The summed E-state index contributed by atoms with van der Waals surface area (Å²) in [5.41, 5.74) is -1.49. The lowest BCUT2D eigenvalue weighted by Crippen LogP contribution is -2.36. The Kier molecular flexibility index (Phi) is 7.66. The summed E-state index contributed by atoms with van der Waals surface area (Å²) in [5, 5.41) is 7.51. The van der Waals surface area contributed by atoms with Gasteiger partial charge in [-0.05, 0) is 32.9 Å². The predicted octanol–water partition coefficient (Wildman–Crippen LogP) is 2.54. The van der Waals surface area contributed by atoms with Crippen molar-refractivity contribution in [2.24, 2.45) is 0 Å². The number of alkyl carbamates (subject to hydrolysis) is 1. The molecule has 0 saturated carbocycles. The number of rotatable bonds is 7. The summed E-state index contributed by atoms with van der Waals surface area (Å²) in [5.74, 6) is -0.638. The minimum absolute atomic E-state index is 0.0244. The number of carbonyl (C=O) groups excluding carboxylic acids is 2. The predicted molar refractivity (Wildman–Crippen MR) is 89.6 cm³/mol. The Morgan fingerprint density at radius 1 is 1.12 bits per heavy atom. The number of pyridine rings is 1. The van der Waals surface area contributed by atoms with Crippen LogP contribution in [-0.4, -0.2) is 42.2 Å². The van der Waals surface area contributed by atoms with Gasteiger partial charge in [-0.1, -0.05) is 0 Å². The van der Waals surface area contributed by atoms with Gasteiger partial charge in [-0.25, -0.2) is 9.78 Å². The van der Waals surface area contributed by atoms with Crippen molar-refractivity contribution in [2.45, 2.75) is 39.0 Å². The zero-order valence-electron chi connectivity index (χ0n) is 14.9. The number of nitrogens with one attached hydrogen (secondary N) is 3. The second kappa shape index (κ2) is 9.25. The number of halogens is 3. The molecule has 1 heterocycles. The lowest BCUT2D eigenvalue weighted by atomic mass is 10.2. The van der Waals surface area contributed by atoms with E-state index < -0.39 is 23.4 Å². The first-order valence-electron chi connectivity index (χ1n) is 7.98. The van der Waals surface area contributed by atoms with Crippen LogP contribution in [0.2, 0.25) is 0 Å². The van der Waals surface area contributed by atoms with E-state index in [-0.39, 0.29) is 37.8 Å². The van der Waals surface area contributed by atoms with Gasteiger partial charge in [0.25, 0.3) is 0 Å². The molecule has 0 aromatic carbocycles. The average molecular weight is 376 g/mol. The fraction of sp³-hybridized carbons (Fsp3) is 0.562. The molecule has 0 aliphatic rings. The van der Waals surface area contributed by atoms with Gasteiger partial charge in [0, 0.05) is 32.3 Å². The maximum Gasteiger partial charge on any atom is 0.419 e. The fourth-order valence-corrected chi connectivity index (χ4v) is 1.84. The topological polar surface area (TPSA) is 92.3 Å². The number of anilines is 1. The van der Waals surface area contributed by atoms with Gasteiger partial charge in [-0.2, -0.15) is 13.2 Å². The average Bonchev–Trinajstić information content (AvgIpc) is 2.49. The van der Waals surface area contributed by atoms with Gasteiger partial charge in [0.1, 0.15) is 11.4 Å². The van der Waals surface area contributed by atoms with Crippen LogP contribution in [0, 0.1) is 0 Å². The second-order valence-electron chi connectivity index (χ2n) is 6.35. The summed E-state index contributed by atoms with van der Waals surface area (Å²) < 4.78 is 43.4. The van der Waals surface area contributed by atoms with Crippen molar-refractivity contribution >= 4 is 17.8 Å². The van der Waals surface area contributed by atoms with Crippen LogP contribution in [0.1, 0.15) is 32.8 Å². The van der Waals surface area contributed by atoms with E-state index in [1.54, 1.807) is 20.8 Å². The zero-order valence-corrected chi connectivity index (χ0v) is 14.9. The van der Waals surface area contributed by atoms with Crippen molar-refractivity contribution in [1.29, 1.82) is 0 Å². The van der Waals surface area contributed by atoms with E-state index in [9.17, 15) is 22.8 Å². The standard InChI is InChI=1S/C16H23F3N4O3/c1-15(2,3)26-14(25)23-8-6-12(24)20-9-10-22-13-11(16(17,18)19)5-4-7-21-13/h4-5,7H,6,8-10H2,1-3H3,(H,20,24)(H,21,22)(H,23,25). The Balaban J connectivity index is 2.26. The van der Waals surface area contributed by atoms with Crippen molar-refractivity contribution in [2.75, 3.05) is 25.0 Å². The van der Waals surface area contributed by atoms with E-state index in [1.165, 1.54) is 12.3 Å². The van der Waals surface area contributed by atoms with E-state index in [2.05, 4.69) is 20.9 Å². The molecule has 0 spiro atoms. The van der Waals surface area contributed by atoms with Crippen molar-refractivity contribution in [1.82, 2.24) is 15.6 Å². The Morgan fingerprint density at radius 3 is 2.42 bits per heavy atom. The molecular formula is C16H23F3N4O3. The van der Waals surface area contributed by atoms with Crippen LogP contribution < -0.4 is 16.0 Å². The summed E-state index contributed by atoms with van der Waals surface area (Å²) in [4.78, 5) is 26.7. The van der Waals surface area contributed by atoms with Crippen LogP contribution in [-0.2, 0) is 15.7 Å². The lowest BCUT2D eigenvalue weighted by Gasteiger charge is -2.19. The van der Waals surface area contributed by atoms with Gasteiger partial charge in [-0.15, -0.1) is 0 Å². The lowest BCUT2D eigenvalue weighted by molar-refractivity contribution is -0.137. The third-order valence-corrected chi connectivity index (χ3v) is 2.87. The molecule has 2 amide bonds. The first-order valence-corrected chi connectivity index (χ1v) is 7.98. The Labute approximate surface area is 149 Å². The fourth-order valence-electron chi connectivity index (χ4n) is 1.84. The van der Waals surface area contributed by atoms with E-state index in [0.29, 0.717) is 0 Å². The summed E-state index contributed by atoms with van der Waals surface area (Å²) >= 11 is 0. The molecule has 7 nitrogen and oxygen atoms in total. The Morgan fingerprint density at radius 2 is 1.81 bits per heavy atom.